The Morgan fingerprint density at radius 3 is 2.62 bits per heavy atom. The number of benzene rings is 1. The molecular formula is C12H16N2OS. The molecule has 0 heterocycles. The van der Waals surface area contributed by atoms with E-state index in [1.807, 2.05) is 30.3 Å². The molecule has 0 aliphatic heterocycles. The van der Waals surface area contributed by atoms with Gasteiger partial charge in [0.1, 0.15) is 0 Å². The summed E-state index contributed by atoms with van der Waals surface area (Å²) in [5.74, 6) is -0.505. The van der Waals surface area contributed by atoms with E-state index in [0.29, 0.717) is 6.54 Å². The van der Waals surface area contributed by atoms with Gasteiger partial charge in [-0.25, -0.2) is 0 Å². The first-order valence-corrected chi connectivity index (χ1v) is 5.63. The molecule has 0 saturated carbocycles. The van der Waals surface area contributed by atoms with Crippen LogP contribution in [-0.4, -0.2) is 17.4 Å². The molecule has 1 atom stereocenters. The smallest absolute Gasteiger partial charge is 0.229 e. The van der Waals surface area contributed by atoms with Gasteiger partial charge >= 0.3 is 0 Å². The molecular weight excluding hydrogens is 220 g/mol. The largest absolute Gasteiger partial charge is 0.393 e. The minimum atomic E-state index is -0.397. The second-order valence-electron chi connectivity index (χ2n) is 3.65. The fraction of sp³-hybridized carbons (Fsp3) is 0.333. The second-order valence-corrected chi connectivity index (χ2v) is 4.12. The lowest BCUT2D eigenvalue weighted by atomic mass is 10.1. The Bertz CT molecular complexity index is 365. The summed E-state index contributed by atoms with van der Waals surface area (Å²) in [6.45, 7) is 2.32. The van der Waals surface area contributed by atoms with Crippen LogP contribution in [-0.2, 0) is 11.2 Å². The lowest BCUT2D eigenvalue weighted by Crippen LogP contribution is -2.36. The maximum Gasteiger partial charge on any atom is 0.229 e. The molecule has 0 spiro atoms. The first kappa shape index (κ1) is 12.6. The molecule has 86 valence electrons. The number of rotatable bonds is 5. The van der Waals surface area contributed by atoms with Crippen LogP contribution in [0.25, 0.3) is 0 Å². The van der Waals surface area contributed by atoms with Crippen molar-refractivity contribution in [3.05, 3.63) is 35.9 Å². The van der Waals surface area contributed by atoms with Crippen molar-refractivity contribution < 1.29 is 4.79 Å². The number of thiocarbonyl (C=S) groups is 1. The standard InChI is InChI=1S/C12H16N2OS/c1-9(11(13)16)12(15)14-8-7-10-5-3-2-4-6-10/h2-6,9H,7-8H2,1H3,(H2,13,16)(H,14,15). The van der Waals surface area contributed by atoms with E-state index in [1.165, 1.54) is 5.56 Å². The molecule has 0 aliphatic carbocycles. The Kier molecular flexibility index (Phi) is 4.92. The predicted octanol–water partition coefficient (Wildman–Crippen LogP) is 1.27. The van der Waals surface area contributed by atoms with Gasteiger partial charge in [-0.2, -0.15) is 0 Å². The van der Waals surface area contributed by atoms with Crippen molar-refractivity contribution in [3.63, 3.8) is 0 Å². The number of hydrogen-bond acceptors (Lipinski definition) is 2. The zero-order valence-corrected chi connectivity index (χ0v) is 10.1. The van der Waals surface area contributed by atoms with Crippen molar-refractivity contribution in [2.75, 3.05) is 6.54 Å². The lowest BCUT2D eigenvalue weighted by Gasteiger charge is -2.10. The normalized spacial score (nSPS) is 11.8. The molecule has 1 unspecified atom stereocenters. The molecule has 3 N–H and O–H groups in total. The van der Waals surface area contributed by atoms with Gasteiger partial charge in [0.05, 0.1) is 10.9 Å². The molecule has 0 fully saturated rings. The molecule has 0 aliphatic rings. The van der Waals surface area contributed by atoms with Crippen LogP contribution in [0.4, 0.5) is 0 Å². The van der Waals surface area contributed by atoms with E-state index >= 15 is 0 Å². The van der Waals surface area contributed by atoms with E-state index in [9.17, 15) is 4.79 Å². The molecule has 0 bridgehead atoms. The van der Waals surface area contributed by atoms with Gasteiger partial charge in [-0.3, -0.25) is 4.79 Å². The van der Waals surface area contributed by atoms with Gasteiger partial charge in [0.2, 0.25) is 5.91 Å². The van der Waals surface area contributed by atoms with Gasteiger partial charge in [-0.05, 0) is 18.9 Å². The van der Waals surface area contributed by atoms with Crippen LogP contribution < -0.4 is 11.1 Å². The van der Waals surface area contributed by atoms with Gasteiger partial charge in [0.25, 0.3) is 0 Å². The Hall–Kier alpha value is -1.42. The third-order valence-electron chi connectivity index (χ3n) is 2.38. The van der Waals surface area contributed by atoms with Crippen molar-refractivity contribution in [1.29, 1.82) is 0 Å². The van der Waals surface area contributed by atoms with E-state index in [1.54, 1.807) is 6.92 Å². The molecule has 0 aromatic heterocycles. The summed E-state index contributed by atoms with van der Waals surface area (Å²) in [4.78, 5) is 11.7. The maximum atomic E-state index is 11.5. The molecule has 1 rings (SSSR count). The quantitative estimate of drug-likeness (QED) is 0.757. The van der Waals surface area contributed by atoms with Crippen molar-refractivity contribution in [1.82, 2.24) is 5.32 Å². The van der Waals surface area contributed by atoms with Crippen molar-refractivity contribution in [2.45, 2.75) is 13.3 Å². The number of hydrogen-bond donors (Lipinski definition) is 2. The average molecular weight is 236 g/mol. The molecule has 3 nitrogen and oxygen atoms in total. The first-order valence-electron chi connectivity index (χ1n) is 5.22. The minimum absolute atomic E-state index is 0.108. The Morgan fingerprint density at radius 2 is 2.06 bits per heavy atom. The van der Waals surface area contributed by atoms with Crippen LogP contribution >= 0.6 is 12.2 Å². The number of nitrogens with two attached hydrogens (primary N) is 1. The molecule has 16 heavy (non-hydrogen) atoms. The topological polar surface area (TPSA) is 55.1 Å². The second kappa shape index (κ2) is 6.23. The fourth-order valence-electron chi connectivity index (χ4n) is 1.26. The summed E-state index contributed by atoms with van der Waals surface area (Å²) in [6.07, 6.45) is 0.816. The van der Waals surface area contributed by atoms with Crippen LogP contribution in [0.15, 0.2) is 30.3 Å². The predicted molar refractivity (Wildman–Crippen MR) is 69.1 cm³/mol. The number of carbonyl (C=O) groups excluding carboxylic acids is 1. The molecule has 0 radical (unpaired) electrons. The monoisotopic (exact) mass is 236 g/mol. The summed E-state index contributed by atoms with van der Waals surface area (Å²) in [5, 5.41) is 2.81. The lowest BCUT2D eigenvalue weighted by molar-refractivity contribution is -0.122. The highest BCUT2D eigenvalue weighted by molar-refractivity contribution is 7.80. The van der Waals surface area contributed by atoms with Gasteiger partial charge in [-0.1, -0.05) is 42.5 Å². The van der Waals surface area contributed by atoms with Gasteiger partial charge < -0.3 is 11.1 Å². The van der Waals surface area contributed by atoms with E-state index in [2.05, 4.69) is 5.32 Å². The van der Waals surface area contributed by atoms with E-state index in [4.69, 9.17) is 18.0 Å². The molecule has 4 heteroatoms. The Morgan fingerprint density at radius 1 is 1.44 bits per heavy atom. The highest BCUT2D eigenvalue weighted by Gasteiger charge is 2.14. The summed E-state index contributed by atoms with van der Waals surface area (Å²) in [5.41, 5.74) is 6.59. The fourth-order valence-corrected chi connectivity index (χ4v) is 1.36. The molecule has 1 aromatic carbocycles. The third-order valence-corrected chi connectivity index (χ3v) is 2.73. The summed E-state index contributed by atoms with van der Waals surface area (Å²) in [6, 6.07) is 9.99. The van der Waals surface area contributed by atoms with Gasteiger partial charge in [0, 0.05) is 6.54 Å². The Balaban J connectivity index is 2.31. The van der Waals surface area contributed by atoms with E-state index in [0.717, 1.165) is 6.42 Å². The molecule has 0 saturated heterocycles. The minimum Gasteiger partial charge on any atom is -0.393 e. The van der Waals surface area contributed by atoms with Gasteiger partial charge in [0.15, 0.2) is 0 Å². The average Bonchev–Trinajstić information content (AvgIpc) is 2.29. The highest BCUT2D eigenvalue weighted by atomic mass is 32.1. The van der Waals surface area contributed by atoms with Crippen molar-refractivity contribution in [2.24, 2.45) is 11.7 Å². The van der Waals surface area contributed by atoms with Crippen molar-refractivity contribution in [3.8, 4) is 0 Å². The van der Waals surface area contributed by atoms with Crippen molar-refractivity contribution >= 4 is 23.1 Å². The SMILES string of the molecule is CC(C(=O)NCCc1ccccc1)C(N)=S. The van der Waals surface area contributed by atoms with Gasteiger partial charge in [-0.15, -0.1) is 0 Å². The number of carbonyl (C=O) groups is 1. The Labute approximate surface area is 101 Å². The van der Waals surface area contributed by atoms with E-state index < -0.39 is 5.92 Å². The van der Waals surface area contributed by atoms with Crippen LogP contribution in [0.1, 0.15) is 12.5 Å². The molecule has 1 amide bonds. The molecule has 1 aromatic rings. The zero-order valence-electron chi connectivity index (χ0n) is 9.27. The van der Waals surface area contributed by atoms with Crippen LogP contribution in [0.3, 0.4) is 0 Å². The summed E-state index contributed by atoms with van der Waals surface area (Å²) < 4.78 is 0. The van der Waals surface area contributed by atoms with Crippen LogP contribution in [0, 0.1) is 5.92 Å². The summed E-state index contributed by atoms with van der Waals surface area (Å²) >= 11 is 4.76. The number of nitrogens with one attached hydrogen (secondary N) is 1. The highest BCUT2D eigenvalue weighted by Crippen LogP contribution is 1.99. The third kappa shape index (κ3) is 3.98. The first-order chi connectivity index (χ1) is 7.61. The summed E-state index contributed by atoms with van der Waals surface area (Å²) in [7, 11) is 0. The zero-order chi connectivity index (χ0) is 12.0. The van der Waals surface area contributed by atoms with Crippen LogP contribution in [0.2, 0.25) is 0 Å². The van der Waals surface area contributed by atoms with E-state index in [-0.39, 0.29) is 10.9 Å². The number of amides is 1. The van der Waals surface area contributed by atoms with Crippen LogP contribution in [0.5, 0.6) is 0 Å². The maximum absolute atomic E-state index is 11.5.